The number of sulfonamides is 1. The molecular weight excluding hydrogens is 308 g/mol. The molecule has 0 spiro atoms. The Kier molecular flexibility index (Phi) is 3.92. The molecule has 1 heterocycles. The molecule has 1 saturated heterocycles. The molecule has 2 amide bonds. The Balaban J connectivity index is 2.29. The number of benzene rings is 1. The zero-order valence-electron chi connectivity index (χ0n) is 10.5. The van der Waals surface area contributed by atoms with Crippen LogP contribution in [-0.2, 0) is 19.6 Å². The van der Waals surface area contributed by atoms with Gasteiger partial charge >= 0.3 is 0 Å². The molecule has 0 aliphatic carbocycles. The Morgan fingerprint density at radius 1 is 1.24 bits per heavy atom. The van der Waals surface area contributed by atoms with Crippen molar-refractivity contribution in [2.75, 3.05) is 5.73 Å². The van der Waals surface area contributed by atoms with E-state index in [1.54, 1.807) is 0 Å². The number of amides is 2. The van der Waals surface area contributed by atoms with E-state index in [0.717, 1.165) is 0 Å². The van der Waals surface area contributed by atoms with Crippen molar-refractivity contribution >= 4 is 27.5 Å². The average molecular weight is 319 g/mol. The van der Waals surface area contributed by atoms with Crippen molar-refractivity contribution in [3.05, 3.63) is 23.8 Å². The van der Waals surface area contributed by atoms with Gasteiger partial charge in [-0.3, -0.25) is 14.9 Å². The van der Waals surface area contributed by atoms with Crippen molar-refractivity contribution in [3.63, 3.8) is 0 Å². The number of nitrogens with two attached hydrogens (primary N) is 1. The highest BCUT2D eigenvalue weighted by Crippen LogP contribution is 2.21. The number of imide groups is 1. The predicted molar refractivity (Wildman–Crippen MR) is 67.3 cm³/mol. The molecule has 7 nitrogen and oxygen atoms in total. The smallest absolute Gasteiger partial charge is 0.244 e. The van der Waals surface area contributed by atoms with E-state index in [9.17, 15) is 26.8 Å². The zero-order valence-corrected chi connectivity index (χ0v) is 11.3. The highest BCUT2D eigenvalue weighted by atomic mass is 32.2. The molecule has 4 N–H and O–H groups in total. The Morgan fingerprint density at radius 3 is 2.52 bits per heavy atom. The zero-order chi connectivity index (χ0) is 15.8. The van der Waals surface area contributed by atoms with Crippen LogP contribution in [0.2, 0.25) is 0 Å². The number of halogens is 2. The Labute approximate surface area is 118 Å². The minimum Gasteiger partial charge on any atom is -0.396 e. The van der Waals surface area contributed by atoms with Gasteiger partial charge in [0.25, 0.3) is 0 Å². The Hall–Kier alpha value is -2.07. The SMILES string of the molecule is Nc1cc(S(=O)(=O)NC2CCC(=O)NC2=O)c(F)cc1F. The van der Waals surface area contributed by atoms with Gasteiger partial charge in [0.05, 0.1) is 5.69 Å². The van der Waals surface area contributed by atoms with Gasteiger partial charge in [0.15, 0.2) is 0 Å². The van der Waals surface area contributed by atoms with Crippen molar-refractivity contribution < 1.29 is 26.8 Å². The molecular formula is C11H11F2N3O4S. The molecule has 1 fully saturated rings. The minimum absolute atomic E-state index is 0.0486. The molecule has 114 valence electrons. The number of rotatable bonds is 3. The summed E-state index contributed by atoms with van der Waals surface area (Å²) >= 11 is 0. The fraction of sp³-hybridized carbons (Fsp3) is 0.273. The summed E-state index contributed by atoms with van der Waals surface area (Å²) < 4.78 is 52.6. The topological polar surface area (TPSA) is 118 Å². The van der Waals surface area contributed by atoms with Crippen molar-refractivity contribution in [3.8, 4) is 0 Å². The van der Waals surface area contributed by atoms with Crippen LogP contribution in [0.4, 0.5) is 14.5 Å². The van der Waals surface area contributed by atoms with Crippen LogP contribution in [0.25, 0.3) is 0 Å². The second kappa shape index (κ2) is 5.37. The minimum atomic E-state index is -4.42. The van der Waals surface area contributed by atoms with Gasteiger partial charge in [0.1, 0.15) is 22.6 Å². The fourth-order valence-corrected chi connectivity index (χ4v) is 3.13. The quantitative estimate of drug-likeness (QED) is 0.519. The van der Waals surface area contributed by atoms with Crippen molar-refractivity contribution in [2.45, 2.75) is 23.8 Å². The molecule has 1 aromatic rings. The van der Waals surface area contributed by atoms with E-state index in [2.05, 4.69) is 0 Å². The van der Waals surface area contributed by atoms with Crippen molar-refractivity contribution in [1.29, 1.82) is 0 Å². The lowest BCUT2D eigenvalue weighted by Gasteiger charge is -2.21. The molecule has 1 aromatic carbocycles. The summed E-state index contributed by atoms with van der Waals surface area (Å²) in [6.45, 7) is 0. The van der Waals surface area contributed by atoms with E-state index in [0.29, 0.717) is 12.1 Å². The maximum Gasteiger partial charge on any atom is 0.244 e. The summed E-state index contributed by atoms with van der Waals surface area (Å²) in [5.74, 6) is -3.77. The second-order valence-corrected chi connectivity index (χ2v) is 6.11. The van der Waals surface area contributed by atoms with Gasteiger partial charge in [-0.25, -0.2) is 17.2 Å². The van der Waals surface area contributed by atoms with Crippen LogP contribution in [0.5, 0.6) is 0 Å². The average Bonchev–Trinajstić information content (AvgIpc) is 2.37. The van der Waals surface area contributed by atoms with Crippen LogP contribution in [0.1, 0.15) is 12.8 Å². The van der Waals surface area contributed by atoms with E-state index in [1.165, 1.54) is 0 Å². The second-order valence-electron chi connectivity index (χ2n) is 4.43. The lowest BCUT2D eigenvalue weighted by Crippen LogP contribution is -2.52. The van der Waals surface area contributed by atoms with Crippen LogP contribution >= 0.6 is 0 Å². The molecule has 1 unspecified atom stereocenters. The first kappa shape index (κ1) is 15.3. The highest BCUT2D eigenvalue weighted by Gasteiger charge is 2.32. The molecule has 0 bridgehead atoms. The lowest BCUT2D eigenvalue weighted by atomic mass is 10.1. The van der Waals surface area contributed by atoms with Gasteiger partial charge < -0.3 is 5.73 Å². The largest absolute Gasteiger partial charge is 0.396 e. The molecule has 0 saturated carbocycles. The molecule has 1 aliphatic rings. The van der Waals surface area contributed by atoms with Gasteiger partial charge in [-0.1, -0.05) is 0 Å². The summed E-state index contributed by atoms with van der Waals surface area (Å²) in [6.07, 6.45) is -0.102. The maximum atomic E-state index is 13.6. The number of nitrogen functional groups attached to an aromatic ring is 1. The fourth-order valence-electron chi connectivity index (χ4n) is 1.81. The third kappa shape index (κ3) is 3.16. The number of anilines is 1. The van der Waals surface area contributed by atoms with Crippen LogP contribution in [0, 0.1) is 11.6 Å². The molecule has 1 atom stereocenters. The number of nitrogens with one attached hydrogen (secondary N) is 2. The number of piperidine rings is 1. The first-order valence-corrected chi connectivity index (χ1v) is 7.29. The standard InChI is InChI=1S/C11H11F2N3O4S/c12-5-3-6(13)9(4-7(5)14)21(19,20)16-8-1-2-10(17)15-11(8)18/h3-4,8,16H,1-2,14H2,(H,15,17,18). The molecule has 1 aliphatic heterocycles. The number of hydrogen-bond donors (Lipinski definition) is 3. The number of carbonyl (C=O) groups excluding carboxylic acids is 2. The monoisotopic (exact) mass is 319 g/mol. The van der Waals surface area contributed by atoms with Crippen LogP contribution in [0.15, 0.2) is 17.0 Å². The van der Waals surface area contributed by atoms with Crippen molar-refractivity contribution in [1.82, 2.24) is 10.0 Å². The van der Waals surface area contributed by atoms with Gasteiger partial charge in [-0.15, -0.1) is 0 Å². The summed E-state index contributed by atoms with van der Waals surface area (Å²) in [5.41, 5.74) is 4.67. The third-order valence-electron chi connectivity index (χ3n) is 2.88. The van der Waals surface area contributed by atoms with E-state index < -0.39 is 50.1 Å². The summed E-state index contributed by atoms with van der Waals surface area (Å²) in [6, 6.07) is -0.244. The summed E-state index contributed by atoms with van der Waals surface area (Å²) in [7, 11) is -4.42. The first-order valence-electron chi connectivity index (χ1n) is 5.81. The maximum absolute atomic E-state index is 13.6. The Bertz CT molecular complexity index is 720. The molecule has 0 radical (unpaired) electrons. The van der Waals surface area contributed by atoms with Gasteiger partial charge in [0.2, 0.25) is 21.8 Å². The van der Waals surface area contributed by atoms with Crippen LogP contribution in [0.3, 0.4) is 0 Å². The van der Waals surface area contributed by atoms with Gasteiger partial charge in [0, 0.05) is 12.5 Å². The van der Waals surface area contributed by atoms with Crippen LogP contribution < -0.4 is 15.8 Å². The van der Waals surface area contributed by atoms with Gasteiger partial charge in [-0.2, -0.15) is 4.72 Å². The molecule has 2 rings (SSSR count). The van der Waals surface area contributed by atoms with Crippen molar-refractivity contribution in [2.24, 2.45) is 0 Å². The van der Waals surface area contributed by atoms with E-state index in [4.69, 9.17) is 5.73 Å². The van der Waals surface area contributed by atoms with E-state index in [1.807, 2.05) is 10.0 Å². The number of carbonyl (C=O) groups is 2. The third-order valence-corrected chi connectivity index (χ3v) is 4.36. The molecule has 10 heteroatoms. The summed E-state index contributed by atoms with van der Waals surface area (Å²) in [4.78, 5) is 21.6. The van der Waals surface area contributed by atoms with E-state index in [-0.39, 0.29) is 12.8 Å². The molecule has 0 aromatic heterocycles. The highest BCUT2D eigenvalue weighted by molar-refractivity contribution is 7.89. The predicted octanol–water partition coefficient (Wildman–Crippen LogP) is -0.370. The lowest BCUT2D eigenvalue weighted by molar-refractivity contribution is -0.134. The molecule has 21 heavy (non-hydrogen) atoms. The summed E-state index contributed by atoms with van der Waals surface area (Å²) in [5, 5.41) is 1.96. The van der Waals surface area contributed by atoms with Crippen LogP contribution in [-0.4, -0.2) is 26.3 Å². The Morgan fingerprint density at radius 2 is 1.90 bits per heavy atom. The normalized spacial score (nSPS) is 19.4. The first-order chi connectivity index (χ1) is 9.70. The van der Waals surface area contributed by atoms with E-state index >= 15 is 0 Å². The van der Waals surface area contributed by atoms with Gasteiger partial charge in [-0.05, 0) is 12.5 Å². The number of hydrogen-bond acceptors (Lipinski definition) is 5.